The average molecular weight is 281 g/mol. The van der Waals surface area contributed by atoms with Crippen LogP contribution in [0.25, 0.3) is 0 Å². The Morgan fingerprint density at radius 2 is 2.00 bits per heavy atom. The second kappa shape index (κ2) is 6.43. The van der Waals surface area contributed by atoms with Gasteiger partial charge in [0.2, 0.25) is 0 Å². The van der Waals surface area contributed by atoms with Crippen molar-refractivity contribution in [3.8, 4) is 11.5 Å². The predicted octanol–water partition coefficient (Wildman–Crippen LogP) is 1.29. The van der Waals surface area contributed by atoms with Gasteiger partial charge in [0, 0.05) is 12.6 Å². The minimum absolute atomic E-state index is 0.119. The number of ether oxygens (including phenoxy) is 3. The molecule has 2 atom stereocenters. The van der Waals surface area contributed by atoms with Crippen molar-refractivity contribution in [1.82, 2.24) is 5.32 Å². The molecule has 1 heterocycles. The van der Waals surface area contributed by atoms with Crippen molar-refractivity contribution in [1.29, 1.82) is 0 Å². The van der Waals surface area contributed by atoms with Gasteiger partial charge in [0.1, 0.15) is 11.5 Å². The van der Waals surface area contributed by atoms with Crippen molar-refractivity contribution >= 4 is 0 Å². The molecular formula is C15H23NO4. The lowest BCUT2D eigenvalue weighted by Gasteiger charge is -2.33. The maximum atomic E-state index is 10.9. The third kappa shape index (κ3) is 3.23. The van der Waals surface area contributed by atoms with Crippen LogP contribution in [0.1, 0.15) is 18.9 Å². The van der Waals surface area contributed by atoms with Gasteiger partial charge in [-0.1, -0.05) is 6.07 Å². The van der Waals surface area contributed by atoms with E-state index >= 15 is 0 Å². The minimum Gasteiger partial charge on any atom is -0.496 e. The van der Waals surface area contributed by atoms with Gasteiger partial charge in [-0.05, 0) is 25.5 Å². The van der Waals surface area contributed by atoms with Crippen molar-refractivity contribution < 1.29 is 19.3 Å². The standard InChI is InChI=1S/C15H23NO4/c1-15(17,9-11-10-20-8-7-16-11)14-12(18-2)5-4-6-13(14)19-3/h4-6,11,16-17H,7-10H2,1-3H3. The van der Waals surface area contributed by atoms with Crippen LogP contribution in [0.2, 0.25) is 0 Å². The van der Waals surface area contributed by atoms with Gasteiger partial charge < -0.3 is 24.6 Å². The molecule has 2 unspecified atom stereocenters. The largest absolute Gasteiger partial charge is 0.496 e. The topological polar surface area (TPSA) is 60.0 Å². The zero-order valence-corrected chi connectivity index (χ0v) is 12.3. The molecule has 0 aromatic heterocycles. The molecule has 1 aromatic rings. The molecular weight excluding hydrogens is 258 g/mol. The van der Waals surface area contributed by atoms with Crippen molar-refractivity contribution in [2.45, 2.75) is 25.0 Å². The molecule has 20 heavy (non-hydrogen) atoms. The normalized spacial score (nSPS) is 22.1. The molecule has 0 spiro atoms. The third-order valence-electron chi connectivity index (χ3n) is 3.61. The molecule has 0 radical (unpaired) electrons. The summed E-state index contributed by atoms with van der Waals surface area (Å²) in [6, 6.07) is 5.63. The molecule has 1 aliphatic heterocycles. The summed E-state index contributed by atoms with van der Waals surface area (Å²) in [5.41, 5.74) is -0.381. The van der Waals surface area contributed by atoms with Gasteiger partial charge in [0.05, 0.1) is 38.6 Å². The highest BCUT2D eigenvalue weighted by Gasteiger charge is 2.34. The highest BCUT2D eigenvalue weighted by Crippen LogP contribution is 2.40. The van der Waals surface area contributed by atoms with Gasteiger partial charge in [0.25, 0.3) is 0 Å². The van der Waals surface area contributed by atoms with Crippen molar-refractivity contribution in [3.63, 3.8) is 0 Å². The quantitative estimate of drug-likeness (QED) is 0.851. The van der Waals surface area contributed by atoms with E-state index in [1.807, 2.05) is 18.2 Å². The fraction of sp³-hybridized carbons (Fsp3) is 0.600. The molecule has 0 aliphatic carbocycles. The maximum Gasteiger partial charge on any atom is 0.128 e. The Kier molecular flexibility index (Phi) is 4.86. The Balaban J connectivity index is 2.27. The van der Waals surface area contributed by atoms with Crippen LogP contribution in [0.15, 0.2) is 18.2 Å². The number of hydrogen-bond acceptors (Lipinski definition) is 5. The molecule has 112 valence electrons. The van der Waals surface area contributed by atoms with E-state index in [1.54, 1.807) is 21.1 Å². The zero-order valence-electron chi connectivity index (χ0n) is 12.3. The first kappa shape index (κ1) is 15.1. The lowest BCUT2D eigenvalue weighted by molar-refractivity contribution is 0.000516. The van der Waals surface area contributed by atoms with Crippen molar-refractivity contribution in [2.75, 3.05) is 34.0 Å². The van der Waals surface area contributed by atoms with Crippen molar-refractivity contribution in [2.24, 2.45) is 0 Å². The van der Waals surface area contributed by atoms with Crippen LogP contribution in [-0.2, 0) is 10.3 Å². The summed E-state index contributed by atoms with van der Waals surface area (Å²) in [4.78, 5) is 0. The smallest absolute Gasteiger partial charge is 0.128 e. The highest BCUT2D eigenvalue weighted by molar-refractivity contribution is 5.48. The Hall–Kier alpha value is -1.30. The number of benzene rings is 1. The molecule has 1 saturated heterocycles. The van der Waals surface area contributed by atoms with E-state index in [-0.39, 0.29) is 6.04 Å². The molecule has 1 aromatic carbocycles. The molecule has 0 amide bonds. The summed E-state index contributed by atoms with van der Waals surface area (Å²) in [6.07, 6.45) is 0.531. The number of nitrogens with one attached hydrogen (secondary N) is 1. The number of morpholine rings is 1. The summed E-state index contributed by atoms with van der Waals surface area (Å²) in [6.45, 7) is 3.91. The van der Waals surface area contributed by atoms with E-state index in [1.165, 1.54) is 0 Å². The number of rotatable bonds is 5. The summed E-state index contributed by atoms with van der Waals surface area (Å²) >= 11 is 0. The molecule has 5 nitrogen and oxygen atoms in total. The lowest BCUT2D eigenvalue weighted by Crippen LogP contribution is -2.45. The number of aliphatic hydroxyl groups is 1. The molecule has 2 N–H and O–H groups in total. The predicted molar refractivity (Wildman–Crippen MR) is 76.3 cm³/mol. The third-order valence-corrected chi connectivity index (χ3v) is 3.61. The second-order valence-corrected chi connectivity index (χ2v) is 5.24. The van der Waals surface area contributed by atoms with Gasteiger partial charge >= 0.3 is 0 Å². The van der Waals surface area contributed by atoms with Crippen LogP contribution in [0.3, 0.4) is 0 Å². The second-order valence-electron chi connectivity index (χ2n) is 5.24. The maximum absolute atomic E-state index is 10.9. The fourth-order valence-electron chi connectivity index (χ4n) is 2.71. The van der Waals surface area contributed by atoms with Crippen LogP contribution in [0.5, 0.6) is 11.5 Å². The summed E-state index contributed by atoms with van der Waals surface area (Å²) in [7, 11) is 3.19. The summed E-state index contributed by atoms with van der Waals surface area (Å²) < 4.78 is 16.2. The first-order chi connectivity index (χ1) is 9.58. The molecule has 2 rings (SSSR count). The first-order valence-electron chi connectivity index (χ1n) is 6.83. The van der Waals surface area contributed by atoms with Gasteiger partial charge in [-0.25, -0.2) is 0 Å². The Labute approximate surface area is 119 Å². The van der Waals surface area contributed by atoms with Crippen LogP contribution >= 0.6 is 0 Å². The van der Waals surface area contributed by atoms with E-state index in [4.69, 9.17) is 14.2 Å². The molecule has 5 heteroatoms. The Bertz CT molecular complexity index is 419. The fourth-order valence-corrected chi connectivity index (χ4v) is 2.71. The molecule has 1 fully saturated rings. The minimum atomic E-state index is -1.06. The SMILES string of the molecule is COc1cccc(OC)c1C(C)(O)CC1COCCN1. The van der Waals surface area contributed by atoms with Gasteiger partial charge in [0.15, 0.2) is 0 Å². The Morgan fingerprint density at radius 3 is 2.50 bits per heavy atom. The van der Waals surface area contributed by atoms with Crippen LogP contribution < -0.4 is 14.8 Å². The van der Waals surface area contributed by atoms with E-state index in [2.05, 4.69) is 5.32 Å². The zero-order chi connectivity index (χ0) is 14.6. The summed E-state index contributed by atoms with van der Waals surface area (Å²) in [5.74, 6) is 1.26. The Morgan fingerprint density at radius 1 is 1.35 bits per heavy atom. The first-order valence-corrected chi connectivity index (χ1v) is 6.83. The van der Waals surface area contributed by atoms with Crippen molar-refractivity contribution in [3.05, 3.63) is 23.8 Å². The lowest BCUT2D eigenvalue weighted by atomic mass is 9.87. The number of hydrogen-bond donors (Lipinski definition) is 2. The molecule has 1 aliphatic rings. The van der Waals surface area contributed by atoms with Gasteiger partial charge in [-0.3, -0.25) is 0 Å². The monoisotopic (exact) mass is 281 g/mol. The van der Waals surface area contributed by atoms with Crippen LogP contribution in [0, 0.1) is 0 Å². The summed E-state index contributed by atoms with van der Waals surface area (Å²) in [5, 5.41) is 14.3. The average Bonchev–Trinajstić information content (AvgIpc) is 2.46. The van der Waals surface area contributed by atoms with Crippen LogP contribution in [0.4, 0.5) is 0 Å². The van der Waals surface area contributed by atoms with E-state index in [0.717, 1.165) is 13.2 Å². The van der Waals surface area contributed by atoms with Gasteiger partial charge in [-0.15, -0.1) is 0 Å². The van der Waals surface area contributed by atoms with E-state index < -0.39 is 5.60 Å². The van der Waals surface area contributed by atoms with Crippen LogP contribution in [-0.4, -0.2) is 45.1 Å². The number of methoxy groups -OCH3 is 2. The van der Waals surface area contributed by atoms with E-state index in [9.17, 15) is 5.11 Å². The van der Waals surface area contributed by atoms with Gasteiger partial charge in [-0.2, -0.15) is 0 Å². The molecule has 0 saturated carbocycles. The molecule has 0 bridgehead atoms. The van der Waals surface area contributed by atoms with E-state index in [0.29, 0.717) is 30.1 Å². The highest BCUT2D eigenvalue weighted by atomic mass is 16.5.